The van der Waals surface area contributed by atoms with Gasteiger partial charge in [-0.05, 0) is 148 Å². The number of carbonyl (C=O) groups is 6. The number of Topliss-reactive ketones (excluding diaryl/α,β-unsaturated/α-hetero) is 2. The van der Waals surface area contributed by atoms with Gasteiger partial charge in [-0.25, -0.2) is 24.2 Å². The van der Waals surface area contributed by atoms with Crippen molar-refractivity contribution in [2.24, 2.45) is 35.5 Å². The maximum atomic E-state index is 14.8. The second-order valence-corrected chi connectivity index (χ2v) is 34.8. The number of piperazine rings is 1. The standard InChI is InChI=1S/C93H135N11O22/c1-59-16-12-11-13-17-60(2)77(114-8)54-71-24-19-65(7)93(113,126-71)86(109)89(110)103-29-15-14-18-73(103)90(111)123-78(55-74(105)61(3)49-64(6)84(108)85(116-10)83(107)63(5)48-59)62(4)50-66-21-25-76(79(52-66)115-9)125-92(112)101-33-31-100(32-34-101)35-37-118-39-41-120-43-45-122-47-46-121-44-42-119-40-38-117-36-28-80(106)102-30-27-68-51-67(20-22-70(68)57-102)56-104-88-81(87(94)96-58-97-88)82(99-104)69-23-26-75-72(53-69)98-91(95)124-75/h11-13,16-17,20,22-23,26,49,51,53,58-59,61-63,65-66,71,73-74,76-79,84-85,105,108,113H,14-15,18-19,21,24-25,27-48,50,52,54-57H2,1-10H3,(H2,95,98)(H2,94,96,97)/b13-11+,16-12+,60-17+,64-49+/t59-,61-,62-,63-,65-,66+,71+,73+,74-,76-,77+,78+,79-,84-,85+,93-/m1/s1. The SMILES string of the molecule is CO[C@H]1C[C@@H]2CC[C@@H](C)[C@@](O)(O2)C(=O)C(=O)N2CCCC[C@H]2C(=O)O[C@H]([C@H](C)C[C@@H]2CC[C@@H](OC(=O)N3CCN(CCOCCOCCOCCOCCOCCOCCC(=O)N4CCc5cc(Cn6nc(-c7ccc8oc(N)nc8c7)c7c(N)ncnc76)ccc5C4)CC3)[C@H](OC)C2)C[C@@H](O)[C@H](C)/C=C(\C)[C@@H](O)[C@@H](OC)C(=O)[C@H](C)C[C@H](C)/C=C/C=C/C=C/1C. The summed E-state index contributed by atoms with van der Waals surface area (Å²) in [7, 11) is 4.57. The van der Waals surface area contributed by atoms with Gasteiger partial charge >= 0.3 is 12.1 Å². The number of hydrogen-bond acceptors (Lipinski definition) is 29. The van der Waals surface area contributed by atoms with E-state index < -0.39 is 102 Å². The molecule has 7 N–H and O–H groups in total. The summed E-state index contributed by atoms with van der Waals surface area (Å²) < 4.78 is 78.1. The second-order valence-electron chi connectivity index (χ2n) is 34.8. The number of carbonyl (C=O) groups excluding carboxylic acids is 6. The highest BCUT2D eigenvalue weighted by Gasteiger charge is 2.53. The molecule has 0 unspecified atom stereocenters. The van der Waals surface area contributed by atoms with Gasteiger partial charge in [0, 0.05) is 110 Å². The molecule has 3 saturated heterocycles. The van der Waals surface area contributed by atoms with Gasteiger partial charge in [-0.15, -0.1) is 0 Å². The van der Waals surface area contributed by atoms with Gasteiger partial charge in [0.15, 0.2) is 17.0 Å². The number of aromatic nitrogens is 5. The normalized spacial score (nSPS) is 28.6. The number of ketones is 2. The number of oxazole rings is 1. The van der Waals surface area contributed by atoms with Crippen LogP contribution in [0.5, 0.6) is 0 Å². The topological polar surface area (TPSA) is 408 Å². The molecule has 1 saturated carbocycles. The van der Waals surface area contributed by atoms with Crippen LogP contribution in [0.25, 0.3) is 33.4 Å². The molecular formula is C93H135N11O22. The van der Waals surface area contributed by atoms with Crippen LogP contribution in [0.1, 0.15) is 149 Å². The quantitative estimate of drug-likeness (QED) is 0.0119. The number of nitrogens with zero attached hydrogens (tertiary/aromatic N) is 9. The van der Waals surface area contributed by atoms with E-state index in [1.54, 1.807) is 52.0 Å². The molecule has 6 aliphatic rings. The summed E-state index contributed by atoms with van der Waals surface area (Å²) >= 11 is 0. The maximum absolute atomic E-state index is 14.8. The fraction of sp³-hybridized carbons (Fsp3) is 0.656. The van der Waals surface area contributed by atoms with E-state index in [2.05, 4.69) is 38.1 Å². The van der Waals surface area contributed by atoms with Crippen molar-refractivity contribution in [1.29, 1.82) is 0 Å². The molecule has 8 heterocycles. The van der Waals surface area contributed by atoms with Crippen LogP contribution in [0, 0.1) is 35.5 Å². The van der Waals surface area contributed by atoms with Gasteiger partial charge in [0.2, 0.25) is 11.7 Å². The number of rotatable bonds is 31. The van der Waals surface area contributed by atoms with Gasteiger partial charge < -0.3 is 103 Å². The molecular weight excluding hydrogens is 1620 g/mol. The fourth-order valence-corrected chi connectivity index (χ4v) is 18.0. The third-order valence-corrected chi connectivity index (χ3v) is 25.6. The van der Waals surface area contributed by atoms with Crippen molar-refractivity contribution in [3.63, 3.8) is 0 Å². The van der Waals surface area contributed by atoms with E-state index in [0.29, 0.717) is 235 Å². The first-order chi connectivity index (χ1) is 60.7. The van der Waals surface area contributed by atoms with E-state index in [-0.39, 0.29) is 61.3 Å². The lowest BCUT2D eigenvalue weighted by molar-refractivity contribution is -0.265. The Morgan fingerprint density at radius 3 is 2.10 bits per heavy atom. The van der Waals surface area contributed by atoms with Crippen LogP contribution >= 0.6 is 0 Å². The third kappa shape index (κ3) is 26.8. The zero-order valence-electron chi connectivity index (χ0n) is 75.2. The zero-order valence-corrected chi connectivity index (χ0v) is 75.2. The van der Waals surface area contributed by atoms with Crippen LogP contribution < -0.4 is 11.5 Å². The number of esters is 1. The molecule has 3 amide bonds. The van der Waals surface area contributed by atoms with Crippen molar-refractivity contribution in [2.45, 2.75) is 212 Å². The average Bonchev–Trinajstić information content (AvgIpc) is 0.991. The monoisotopic (exact) mass is 1760 g/mol. The van der Waals surface area contributed by atoms with Gasteiger partial charge in [-0.1, -0.05) is 89.3 Å². The minimum absolute atomic E-state index is 0.00450. The van der Waals surface area contributed by atoms with E-state index in [0.717, 1.165) is 28.7 Å². The Bertz CT molecular complexity index is 4510. The summed E-state index contributed by atoms with van der Waals surface area (Å²) in [6.07, 6.45) is 11.9. The first-order valence-electron chi connectivity index (χ1n) is 45.0. The fourth-order valence-electron chi connectivity index (χ4n) is 18.0. The Morgan fingerprint density at radius 1 is 0.698 bits per heavy atom. The number of aliphatic hydroxyl groups excluding tert-OH is 2. The number of allylic oxidation sites excluding steroid dienone is 5. The lowest BCUT2D eigenvalue weighted by Crippen LogP contribution is -2.61. The van der Waals surface area contributed by atoms with E-state index in [4.69, 9.17) is 77.8 Å². The van der Waals surface area contributed by atoms with E-state index >= 15 is 0 Å². The number of anilines is 2. The minimum Gasteiger partial charge on any atom is -0.460 e. The van der Waals surface area contributed by atoms with Gasteiger partial charge in [-0.3, -0.25) is 24.1 Å². The van der Waals surface area contributed by atoms with Gasteiger partial charge in [0.05, 0.1) is 122 Å². The van der Waals surface area contributed by atoms with Crippen LogP contribution in [-0.4, -0.2) is 302 Å². The number of ether oxygens (including phenoxy) is 12. The lowest BCUT2D eigenvalue weighted by Gasteiger charge is -2.43. The predicted octanol–water partition coefficient (Wildman–Crippen LogP) is 8.97. The van der Waals surface area contributed by atoms with Crippen LogP contribution in [0.3, 0.4) is 0 Å². The molecule has 16 atom stereocenters. The summed E-state index contributed by atoms with van der Waals surface area (Å²) in [6.45, 7) is 22.3. The highest BCUT2D eigenvalue weighted by molar-refractivity contribution is 6.39. The number of nitrogen functional groups attached to an aromatic ring is 2. The number of benzene rings is 2. The molecule has 1 aliphatic carbocycles. The zero-order chi connectivity index (χ0) is 90.0. The van der Waals surface area contributed by atoms with Crippen molar-refractivity contribution < 1.29 is 105 Å². The van der Waals surface area contributed by atoms with Crippen molar-refractivity contribution >= 4 is 69.4 Å². The number of nitrogens with two attached hydrogens (primary N) is 2. The van der Waals surface area contributed by atoms with Crippen molar-refractivity contribution in [1.82, 2.24) is 44.3 Å². The van der Waals surface area contributed by atoms with Gasteiger partial charge in [0.1, 0.15) is 53.8 Å². The Labute approximate surface area is 739 Å². The molecule has 4 fully saturated rings. The van der Waals surface area contributed by atoms with Crippen LogP contribution in [0.4, 0.5) is 16.6 Å². The number of aliphatic hydroxyl groups is 3. The van der Waals surface area contributed by atoms with Crippen molar-refractivity contribution in [3.05, 3.63) is 107 Å². The maximum Gasteiger partial charge on any atom is 0.410 e. The summed E-state index contributed by atoms with van der Waals surface area (Å²) in [5.74, 6) is -7.47. The van der Waals surface area contributed by atoms with Crippen LogP contribution in [0.15, 0.2) is 94.7 Å². The van der Waals surface area contributed by atoms with E-state index in [1.165, 1.54) is 23.9 Å². The molecule has 5 aromatic rings. The molecule has 2 aromatic carbocycles. The van der Waals surface area contributed by atoms with Gasteiger partial charge in [-0.2, -0.15) is 10.1 Å². The largest absolute Gasteiger partial charge is 0.460 e. The number of fused-ring (bicyclic) bond motifs is 6. The van der Waals surface area contributed by atoms with E-state index in [1.807, 2.05) is 79.8 Å². The third-order valence-electron chi connectivity index (χ3n) is 25.6. The van der Waals surface area contributed by atoms with Crippen molar-refractivity contribution in [2.75, 3.05) is 158 Å². The number of piperidine rings is 1. The number of methoxy groups -OCH3 is 3. The highest BCUT2D eigenvalue weighted by atomic mass is 16.6. The Kier molecular flexibility index (Phi) is 37.5. The molecule has 33 heteroatoms. The van der Waals surface area contributed by atoms with Crippen LogP contribution in [-0.2, 0) is 100 Å². The summed E-state index contributed by atoms with van der Waals surface area (Å²) in [4.78, 5) is 105. The van der Waals surface area contributed by atoms with E-state index in [9.17, 15) is 44.1 Å². The molecule has 126 heavy (non-hydrogen) atoms. The molecule has 3 aromatic heterocycles. The number of amides is 3. The highest BCUT2D eigenvalue weighted by Crippen LogP contribution is 2.40. The second kappa shape index (κ2) is 48.2. The molecule has 11 rings (SSSR count). The number of cyclic esters (lactones) is 1. The summed E-state index contributed by atoms with van der Waals surface area (Å²) in [6, 6.07) is 10.8. The molecule has 0 radical (unpaired) electrons. The summed E-state index contributed by atoms with van der Waals surface area (Å²) in [5, 5.41) is 41.6. The molecule has 694 valence electrons. The van der Waals surface area contributed by atoms with Crippen LogP contribution in [0.2, 0.25) is 0 Å². The Balaban J connectivity index is 0.543. The Hall–Kier alpha value is -8.52. The molecule has 5 aliphatic heterocycles. The first-order valence-corrected chi connectivity index (χ1v) is 45.0. The van der Waals surface area contributed by atoms with Gasteiger partial charge in [0.25, 0.3) is 17.7 Å². The minimum atomic E-state index is -2.47. The molecule has 2 bridgehead atoms. The smallest absolute Gasteiger partial charge is 0.410 e. The predicted molar refractivity (Wildman–Crippen MR) is 470 cm³/mol. The van der Waals surface area contributed by atoms with Crippen molar-refractivity contribution in [3.8, 4) is 11.3 Å². The summed E-state index contributed by atoms with van der Waals surface area (Å²) in [5.41, 5.74) is 20.0. The molecule has 33 nitrogen and oxygen atoms in total. The first kappa shape index (κ1) is 98.1. The average molecular weight is 1760 g/mol. The lowest BCUT2D eigenvalue weighted by atomic mass is 9.78. The number of hydrogen-bond donors (Lipinski definition) is 5. The Morgan fingerprint density at radius 2 is 1.40 bits per heavy atom. The molecule has 0 spiro atoms.